The Balaban J connectivity index is 3.99. The van der Waals surface area contributed by atoms with Gasteiger partial charge in [-0.05, 0) is 99.5 Å². The van der Waals surface area contributed by atoms with E-state index < -0.39 is 0 Å². The minimum atomic E-state index is -0.114. The lowest BCUT2D eigenvalue weighted by molar-refractivity contribution is -0.142. The highest BCUT2D eigenvalue weighted by molar-refractivity contribution is 5.69. The lowest BCUT2D eigenvalue weighted by Gasteiger charge is -2.04. The molecule has 0 aromatic rings. The Kier molecular flexibility index (Phi) is 16.0. The molecule has 0 saturated heterocycles. The molecule has 0 spiro atoms. The number of esters is 1. The third-order valence-electron chi connectivity index (χ3n) is 4.73. The zero-order chi connectivity index (χ0) is 22.1. The highest BCUT2D eigenvalue weighted by Crippen LogP contribution is 2.12. The van der Waals surface area contributed by atoms with E-state index in [0.717, 1.165) is 44.9 Å². The average molecular weight is 401 g/mol. The molecule has 0 rings (SSSR count). The number of ether oxygens (including phenoxy) is 1. The summed E-state index contributed by atoms with van der Waals surface area (Å²) in [5.74, 6) is -0.114. The smallest absolute Gasteiger partial charge is 0.306 e. The number of carbonyl (C=O) groups excluding carboxylic acids is 1. The fourth-order valence-corrected chi connectivity index (χ4v) is 2.81. The number of hydrogen-bond acceptors (Lipinski definition) is 2. The van der Waals surface area contributed by atoms with E-state index >= 15 is 0 Å². The SMILES string of the molecule is CC(C)=CCC/C(C)=C\COC(=O)CC/C=C(\C)CC/C=C(\C)CCC=C(C)C. The minimum absolute atomic E-state index is 0.114. The van der Waals surface area contributed by atoms with Crippen LogP contribution in [-0.4, -0.2) is 12.6 Å². The Labute approximate surface area is 180 Å². The molecule has 0 saturated carbocycles. The van der Waals surface area contributed by atoms with Crippen LogP contribution >= 0.6 is 0 Å². The summed E-state index contributed by atoms with van der Waals surface area (Å²) in [5.41, 5.74) is 6.82. The van der Waals surface area contributed by atoms with Crippen LogP contribution in [0, 0.1) is 0 Å². The third kappa shape index (κ3) is 19.3. The van der Waals surface area contributed by atoms with Crippen LogP contribution < -0.4 is 0 Å². The van der Waals surface area contributed by atoms with Gasteiger partial charge in [-0.25, -0.2) is 0 Å². The second-order valence-electron chi connectivity index (χ2n) is 8.55. The first-order valence-corrected chi connectivity index (χ1v) is 11.1. The largest absolute Gasteiger partial charge is 0.461 e. The summed E-state index contributed by atoms with van der Waals surface area (Å²) in [4.78, 5) is 11.9. The molecule has 0 aromatic carbocycles. The monoisotopic (exact) mass is 400 g/mol. The Morgan fingerprint density at radius 1 is 0.552 bits per heavy atom. The average Bonchev–Trinajstić information content (AvgIpc) is 2.61. The van der Waals surface area contributed by atoms with Crippen molar-refractivity contribution in [1.29, 1.82) is 0 Å². The van der Waals surface area contributed by atoms with E-state index in [4.69, 9.17) is 4.74 Å². The van der Waals surface area contributed by atoms with Crippen LogP contribution in [0.25, 0.3) is 0 Å². The molecule has 0 aliphatic heterocycles. The topological polar surface area (TPSA) is 26.3 Å². The van der Waals surface area contributed by atoms with Gasteiger partial charge in [-0.15, -0.1) is 0 Å². The van der Waals surface area contributed by atoms with Gasteiger partial charge in [-0.1, -0.05) is 52.2 Å². The molecule has 0 radical (unpaired) electrons. The molecule has 0 N–H and O–H groups in total. The third-order valence-corrected chi connectivity index (χ3v) is 4.73. The maximum atomic E-state index is 11.9. The summed E-state index contributed by atoms with van der Waals surface area (Å²) in [6.07, 6.45) is 18.8. The fraction of sp³-hybridized carbons (Fsp3) is 0.593. The van der Waals surface area contributed by atoms with Crippen LogP contribution in [0.5, 0.6) is 0 Å². The molecular formula is C27H44O2. The minimum Gasteiger partial charge on any atom is -0.461 e. The zero-order valence-electron chi connectivity index (χ0n) is 20.1. The summed E-state index contributed by atoms with van der Waals surface area (Å²) in [7, 11) is 0. The van der Waals surface area contributed by atoms with Gasteiger partial charge < -0.3 is 4.74 Å². The van der Waals surface area contributed by atoms with Gasteiger partial charge in [0, 0.05) is 6.42 Å². The molecule has 29 heavy (non-hydrogen) atoms. The molecule has 0 fully saturated rings. The molecule has 0 atom stereocenters. The maximum Gasteiger partial charge on any atom is 0.306 e. The predicted octanol–water partition coefficient (Wildman–Crippen LogP) is 8.42. The summed E-state index contributed by atoms with van der Waals surface area (Å²) in [5, 5.41) is 0. The lowest BCUT2D eigenvalue weighted by atomic mass is 10.1. The second-order valence-corrected chi connectivity index (χ2v) is 8.55. The Bertz CT molecular complexity index is 619. The quantitative estimate of drug-likeness (QED) is 0.216. The number of carbonyl (C=O) groups is 1. The van der Waals surface area contributed by atoms with E-state index in [1.165, 1.54) is 27.9 Å². The van der Waals surface area contributed by atoms with Gasteiger partial charge in [0.05, 0.1) is 0 Å². The van der Waals surface area contributed by atoms with Gasteiger partial charge in [0.15, 0.2) is 0 Å². The van der Waals surface area contributed by atoms with E-state index in [9.17, 15) is 4.79 Å². The van der Waals surface area contributed by atoms with Crippen LogP contribution in [-0.2, 0) is 9.53 Å². The fourth-order valence-electron chi connectivity index (χ4n) is 2.81. The summed E-state index contributed by atoms with van der Waals surface area (Å²) < 4.78 is 5.31. The van der Waals surface area contributed by atoms with Crippen molar-refractivity contribution >= 4 is 5.97 Å². The lowest BCUT2D eigenvalue weighted by Crippen LogP contribution is -2.04. The Morgan fingerprint density at radius 2 is 0.931 bits per heavy atom. The van der Waals surface area contributed by atoms with Crippen molar-refractivity contribution in [3.8, 4) is 0 Å². The molecule has 0 aliphatic carbocycles. The maximum absolute atomic E-state index is 11.9. The molecule has 0 amide bonds. The zero-order valence-corrected chi connectivity index (χ0v) is 20.1. The van der Waals surface area contributed by atoms with Gasteiger partial charge in [0.2, 0.25) is 0 Å². The van der Waals surface area contributed by atoms with E-state index in [1.807, 2.05) is 6.08 Å². The molecule has 0 aliphatic rings. The first-order valence-electron chi connectivity index (χ1n) is 11.1. The molecule has 0 aromatic heterocycles. The molecule has 164 valence electrons. The van der Waals surface area contributed by atoms with Crippen molar-refractivity contribution in [2.24, 2.45) is 0 Å². The van der Waals surface area contributed by atoms with Crippen LogP contribution in [0.4, 0.5) is 0 Å². The van der Waals surface area contributed by atoms with E-state index in [2.05, 4.69) is 72.8 Å². The number of rotatable bonds is 14. The normalized spacial score (nSPS) is 12.6. The standard InChI is InChI=1S/C27H44O2/c1-22(2)12-8-14-24(5)16-10-17-25(6)18-11-19-27(28)29-21-20-26(7)15-9-13-23(3)4/h12-13,16,18,20H,8-11,14-15,17,19,21H2,1-7H3/b24-16+,25-18+,26-20-. The first-order chi connectivity index (χ1) is 13.7. The Morgan fingerprint density at radius 3 is 1.38 bits per heavy atom. The number of allylic oxidation sites excluding steroid dienone is 9. The van der Waals surface area contributed by atoms with Crippen molar-refractivity contribution in [1.82, 2.24) is 0 Å². The number of hydrogen-bond donors (Lipinski definition) is 0. The van der Waals surface area contributed by atoms with Gasteiger partial charge >= 0.3 is 5.97 Å². The van der Waals surface area contributed by atoms with E-state index in [-0.39, 0.29) is 5.97 Å². The summed E-state index contributed by atoms with van der Waals surface area (Å²) >= 11 is 0. The molecule has 2 nitrogen and oxygen atoms in total. The van der Waals surface area contributed by atoms with Crippen molar-refractivity contribution in [2.45, 2.75) is 99.8 Å². The molecule has 0 unspecified atom stereocenters. The van der Waals surface area contributed by atoms with Crippen LogP contribution in [0.2, 0.25) is 0 Å². The first kappa shape index (κ1) is 27.2. The van der Waals surface area contributed by atoms with E-state index in [0.29, 0.717) is 13.0 Å². The molecular weight excluding hydrogens is 356 g/mol. The van der Waals surface area contributed by atoms with Crippen molar-refractivity contribution in [3.63, 3.8) is 0 Å². The van der Waals surface area contributed by atoms with Crippen molar-refractivity contribution in [3.05, 3.63) is 58.2 Å². The molecule has 0 heterocycles. The van der Waals surface area contributed by atoms with Crippen LogP contribution in [0.3, 0.4) is 0 Å². The summed E-state index contributed by atoms with van der Waals surface area (Å²) in [6, 6.07) is 0. The Hall–Kier alpha value is -1.83. The van der Waals surface area contributed by atoms with Gasteiger partial charge in [-0.3, -0.25) is 4.79 Å². The van der Waals surface area contributed by atoms with Gasteiger partial charge in [-0.2, -0.15) is 0 Å². The van der Waals surface area contributed by atoms with Gasteiger partial charge in [0.1, 0.15) is 6.61 Å². The highest BCUT2D eigenvalue weighted by atomic mass is 16.5. The molecule has 0 bridgehead atoms. The van der Waals surface area contributed by atoms with Crippen LogP contribution in [0.15, 0.2) is 58.2 Å². The van der Waals surface area contributed by atoms with E-state index in [1.54, 1.807) is 0 Å². The van der Waals surface area contributed by atoms with Crippen molar-refractivity contribution in [2.75, 3.05) is 6.61 Å². The summed E-state index contributed by atoms with van der Waals surface area (Å²) in [6.45, 7) is 15.4. The highest BCUT2D eigenvalue weighted by Gasteiger charge is 2.01. The van der Waals surface area contributed by atoms with Crippen LogP contribution in [0.1, 0.15) is 99.8 Å². The molecule has 2 heteroatoms. The second kappa shape index (κ2) is 17.1. The predicted molar refractivity (Wildman–Crippen MR) is 128 cm³/mol. The van der Waals surface area contributed by atoms with Gasteiger partial charge in [0.25, 0.3) is 0 Å². The van der Waals surface area contributed by atoms with Crippen molar-refractivity contribution < 1.29 is 9.53 Å².